The normalized spacial score (nSPS) is 10.2. The summed E-state index contributed by atoms with van der Waals surface area (Å²) in [4.78, 5) is 8.23. The third-order valence-electron chi connectivity index (χ3n) is 2.40. The van der Waals surface area contributed by atoms with Crippen LogP contribution < -0.4 is 10.5 Å². The number of aryl methyl sites for hydroxylation is 1. The summed E-state index contributed by atoms with van der Waals surface area (Å²) in [6.07, 6.45) is 3.89. The van der Waals surface area contributed by atoms with Crippen molar-refractivity contribution in [3.8, 4) is 5.75 Å². The lowest BCUT2D eigenvalue weighted by atomic mass is 10.2. The van der Waals surface area contributed by atoms with E-state index in [2.05, 4.69) is 9.97 Å². The highest BCUT2D eigenvalue weighted by molar-refractivity contribution is 5.32. The molecule has 0 radical (unpaired) electrons. The van der Waals surface area contributed by atoms with Gasteiger partial charge in [-0.25, -0.2) is 9.97 Å². The topological polar surface area (TPSA) is 61.0 Å². The van der Waals surface area contributed by atoms with E-state index in [0.29, 0.717) is 18.7 Å². The number of hydrogen-bond acceptors (Lipinski definition) is 4. The van der Waals surface area contributed by atoms with E-state index in [9.17, 15) is 0 Å². The van der Waals surface area contributed by atoms with Gasteiger partial charge in [0.1, 0.15) is 11.6 Å². The zero-order chi connectivity index (χ0) is 12.1. The lowest BCUT2D eigenvalue weighted by Gasteiger charge is -2.07. The molecule has 1 heterocycles. The van der Waals surface area contributed by atoms with Crippen LogP contribution in [-0.4, -0.2) is 16.6 Å². The Balaban J connectivity index is 1.88. The molecule has 4 heteroatoms. The second kappa shape index (κ2) is 5.30. The van der Waals surface area contributed by atoms with Gasteiger partial charge in [-0.1, -0.05) is 18.2 Å². The Kier molecular flexibility index (Phi) is 3.55. The molecule has 0 amide bonds. The molecule has 0 saturated heterocycles. The van der Waals surface area contributed by atoms with Crippen LogP contribution in [0.4, 0.5) is 5.69 Å². The molecule has 4 nitrogen and oxygen atoms in total. The third kappa shape index (κ3) is 3.17. The lowest BCUT2D eigenvalue weighted by Crippen LogP contribution is -2.05. The fraction of sp³-hybridized carbons (Fsp3) is 0.231. The van der Waals surface area contributed by atoms with Crippen LogP contribution in [0.15, 0.2) is 36.7 Å². The van der Waals surface area contributed by atoms with Crippen LogP contribution in [0.3, 0.4) is 0 Å². The van der Waals surface area contributed by atoms with E-state index in [1.54, 1.807) is 12.4 Å². The van der Waals surface area contributed by atoms with Gasteiger partial charge >= 0.3 is 0 Å². The van der Waals surface area contributed by atoms with E-state index >= 15 is 0 Å². The van der Waals surface area contributed by atoms with Gasteiger partial charge in [0.2, 0.25) is 0 Å². The van der Waals surface area contributed by atoms with Crippen molar-refractivity contribution in [2.24, 2.45) is 0 Å². The fourth-order valence-corrected chi connectivity index (χ4v) is 1.46. The Morgan fingerprint density at radius 1 is 1.18 bits per heavy atom. The average molecular weight is 229 g/mol. The number of rotatable bonds is 4. The van der Waals surface area contributed by atoms with Gasteiger partial charge in [-0.15, -0.1) is 0 Å². The molecule has 0 saturated carbocycles. The number of anilines is 1. The SMILES string of the molecule is Cc1ccccc1OCCc1ncc(N)cn1. The summed E-state index contributed by atoms with van der Waals surface area (Å²) in [7, 11) is 0. The van der Waals surface area contributed by atoms with Crippen LogP contribution in [0.1, 0.15) is 11.4 Å². The number of nitrogen functional groups attached to an aromatic ring is 1. The van der Waals surface area contributed by atoms with E-state index in [4.69, 9.17) is 10.5 Å². The summed E-state index contributed by atoms with van der Waals surface area (Å²) < 4.78 is 5.66. The Hall–Kier alpha value is -2.10. The smallest absolute Gasteiger partial charge is 0.131 e. The third-order valence-corrected chi connectivity index (χ3v) is 2.40. The van der Waals surface area contributed by atoms with Crippen LogP contribution in [0, 0.1) is 6.92 Å². The van der Waals surface area contributed by atoms with Crippen molar-refractivity contribution in [3.63, 3.8) is 0 Å². The first-order valence-corrected chi connectivity index (χ1v) is 5.50. The molecule has 1 aromatic carbocycles. The molecule has 0 aliphatic rings. The molecular formula is C13H15N3O. The second-order valence-corrected chi connectivity index (χ2v) is 3.80. The van der Waals surface area contributed by atoms with Gasteiger partial charge in [0, 0.05) is 6.42 Å². The van der Waals surface area contributed by atoms with Crippen LogP contribution in [0.2, 0.25) is 0 Å². The standard InChI is InChI=1S/C13H15N3O/c1-10-4-2-3-5-12(10)17-7-6-13-15-8-11(14)9-16-13/h2-5,8-9H,6-7,14H2,1H3. The molecule has 0 spiro atoms. The molecule has 1 aromatic heterocycles. The van der Waals surface area contributed by atoms with Gasteiger partial charge < -0.3 is 10.5 Å². The highest BCUT2D eigenvalue weighted by Crippen LogP contribution is 2.16. The number of ether oxygens (including phenoxy) is 1. The zero-order valence-electron chi connectivity index (χ0n) is 9.76. The van der Waals surface area contributed by atoms with Crippen LogP contribution >= 0.6 is 0 Å². The van der Waals surface area contributed by atoms with Crippen LogP contribution in [-0.2, 0) is 6.42 Å². The van der Waals surface area contributed by atoms with Crippen LogP contribution in [0.25, 0.3) is 0 Å². The summed E-state index contributed by atoms with van der Waals surface area (Å²) in [5.74, 6) is 1.65. The maximum Gasteiger partial charge on any atom is 0.131 e. The summed E-state index contributed by atoms with van der Waals surface area (Å²) in [6, 6.07) is 7.93. The van der Waals surface area contributed by atoms with E-state index in [1.165, 1.54) is 0 Å². The Morgan fingerprint density at radius 2 is 1.88 bits per heavy atom. The van der Waals surface area contributed by atoms with Crippen LogP contribution in [0.5, 0.6) is 5.75 Å². The van der Waals surface area contributed by atoms with Gasteiger partial charge in [0.05, 0.1) is 24.7 Å². The molecule has 0 bridgehead atoms. The van der Waals surface area contributed by atoms with Crippen molar-refractivity contribution in [3.05, 3.63) is 48.0 Å². The first kappa shape index (κ1) is 11.4. The number of benzene rings is 1. The molecule has 0 aliphatic heterocycles. The molecule has 2 rings (SSSR count). The quantitative estimate of drug-likeness (QED) is 0.871. The van der Waals surface area contributed by atoms with Gasteiger partial charge in [-0.3, -0.25) is 0 Å². The predicted molar refractivity (Wildman–Crippen MR) is 66.8 cm³/mol. The van der Waals surface area contributed by atoms with Crippen molar-refractivity contribution < 1.29 is 4.74 Å². The minimum atomic E-state index is 0.564. The van der Waals surface area contributed by atoms with Crippen molar-refractivity contribution >= 4 is 5.69 Å². The first-order valence-electron chi connectivity index (χ1n) is 5.50. The lowest BCUT2D eigenvalue weighted by molar-refractivity contribution is 0.317. The number of aromatic nitrogens is 2. The average Bonchev–Trinajstić information content (AvgIpc) is 2.34. The highest BCUT2D eigenvalue weighted by Gasteiger charge is 2.00. The van der Waals surface area contributed by atoms with Gasteiger partial charge in [-0.2, -0.15) is 0 Å². The Labute approximate surface area is 100 Å². The number of hydrogen-bond donors (Lipinski definition) is 1. The number of para-hydroxylation sites is 1. The molecule has 0 unspecified atom stereocenters. The maximum absolute atomic E-state index is 5.66. The van der Waals surface area contributed by atoms with E-state index in [-0.39, 0.29) is 0 Å². The second-order valence-electron chi connectivity index (χ2n) is 3.80. The van der Waals surface area contributed by atoms with Gasteiger partial charge in [0.15, 0.2) is 0 Å². The minimum absolute atomic E-state index is 0.564. The van der Waals surface area contributed by atoms with Crippen molar-refractivity contribution in [2.45, 2.75) is 13.3 Å². The Bertz CT molecular complexity index is 482. The summed E-state index contributed by atoms with van der Waals surface area (Å²) >= 11 is 0. The molecule has 88 valence electrons. The van der Waals surface area contributed by atoms with E-state index in [1.807, 2.05) is 31.2 Å². The fourth-order valence-electron chi connectivity index (χ4n) is 1.46. The molecule has 0 atom stereocenters. The van der Waals surface area contributed by atoms with Crippen molar-refractivity contribution in [1.29, 1.82) is 0 Å². The van der Waals surface area contributed by atoms with Crippen molar-refractivity contribution in [2.75, 3.05) is 12.3 Å². The first-order chi connectivity index (χ1) is 8.25. The largest absolute Gasteiger partial charge is 0.493 e. The molecular weight excluding hydrogens is 214 g/mol. The molecule has 0 aliphatic carbocycles. The summed E-state index contributed by atoms with van der Waals surface area (Å²) in [5.41, 5.74) is 7.22. The Morgan fingerprint density at radius 3 is 2.59 bits per heavy atom. The van der Waals surface area contributed by atoms with Gasteiger partial charge in [0.25, 0.3) is 0 Å². The molecule has 2 N–H and O–H groups in total. The zero-order valence-corrected chi connectivity index (χ0v) is 9.76. The summed E-state index contributed by atoms with van der Waals surface area (Å²) in [5, 5.41) is 0. The minimum Gasteiger partial charge on any atom is -0.493 e. The number of nitrogens with zero attached hydrogens (tertiary/aromatic N) is 2. The summed E-state index contributed by atoms with van der Waals surface area (Å²) in [6.45, 7) is 2.59. The van der Waals surface area contributed by atoms with E-state index in [0.717, 1.165) is 17.1 Å². The van der Waals surface area contributed by atoms with Gasteiger partial charge in [-0.05, 0) is 18.6 Å². The number of nitrogens with two attached hydrogens (primary N) is 1. The highest BCUT2D eigenvalue weighted by atomic mass is 16.5. The predicted octanol–water partition coefficient (Wildman–Crippen LogP) is 1.99. The van der Waals surface area contributed by atoms with E-state index < -0.39 is 0 Å². The molecule has 2 aromatic rings. The monoisotopic (exact) mass is 229 g/mol. The molecule has 0 fully saturated rings. The maximum atomic E-state index is 5.66. The van der Waals surface area contributed by atoms with Crippen molar-refractivity contribution in [1.82, 2.24) is 9.97 Å². The molecule has 17 heavy (non-hydrogen) atoms.